The van der Waals surface area contributed by atoms with Crippen LogP contribution in [0.3, 0.4) is 0 Å². The van der Waals surface area contributed by atoms with E-state index in [0.29, 0.717) is 12.3 Å². The Labute approximate surface area is 89.8 Å². The molecule has 0 radical (unpaired) electrons. The van der Waals surface area contributed by atoms with Gasteiger partial charge in [-0.25, -0.2) is 0 Å². The van der Waals surface area contributed by atoms with Gasteiger partial charge in [-0.15, -0.1) is 0 Å². The summed E-state index contributed by atoms with van der Waals surface area (Å²) < 4.78 is 7.53. The molecule has 78 valence electrons. The van der Waals surface area contributed by atoms with E-state index >= 15 is 0 Å². The van der Waals surface area contributed by atoms with Gasteiger partial charge in [0.05, 0.1) is 4.92 Å². The Bertz CT molecular complexity index is 404. The van der Waals surface area contributed by atoms with Crippen molar-refractivity contribution in [1.82, 2.24) is 4.72 Å². The van der Waals surface area contributed by atoms with E-state index in [0.717, 1.165) is 17.8 Å². The summed E-state index contributed by atoms with van der Waals surface area (Å²) in [5, 5.41) is 14.1. The maximum absolute atomic E-state index is 10.4. The molecule has 0 saturated carbocycles. The molecule has 0 fully saturated rings. The van der Waals surface area contributed by atoms with Crippen molar-refractivity contribution in [2.75, 3.05) is 0 Å². The van der Waals surface area contributed by atoms with Gasteiger partial charge < -0.3 is 0 Å². The van der Waals surface area contributed by atoms with Gasteiger partial charge in [0.1, 0.15) is 0 Å². The molecule has 0 amide bonds. The predicted octanol–water partition coefficient (Wildman–Crippen LogP) is 1.63. The van der Waals surface area contributed by atoms with Crippen molar-refractivity contribution in [3.05, 3.63) is 39.9 Å². The third kappa shape index (κ3) is 2.38. The lowest BCUT2D eigenvalue weighted by Crippen LogP contribution is -2.13. The third-order valence-corrected chi connectivity index (χ3v) is 2.33. The summed E-state index contributed by atoms with van der Waals surface area (Å²) in [5.74, 6) is 0.703. The summed E-state index contributed by atoms with van der Waals surface area (Å²) in [7, 11) is 0. The monoisotopic (exact) mass is 225 g/mol. The van der Waals surface area contributed by atoms with Crippen molar-refractivity contribution in [1.29, 1.82) is 0 Å². The van der Waals surface area contributed by atoms with Crippen LogP contribution in [0.2, 0.25) is 0 Å². The molecule has 0 spiro atoms. The van der Waals surface area contributed by atoms with Crippen molar-refractivity contribution >= 4 is 23.8 Å². The summed E-state index contributed by atoms with van der Waals surface area (Å²) in [6.07, 6.45) is 0.574. The van der Waals surface area contributed by atoms with Crippen LogP contribution in [-0.2, 0) is 10.7 Å². The average molecular weight is 225 g/mol. The first-order chi connectivity index (χ1) is 7.25. The molecule has 0 aliphatic carbocycles. The fraction of sp³-hybridized carbons (Fsp3) is 0.125. The number of hydrogen-bond acceptors (Lipinski definition) is 6. The van der Waals surface area contributed by atoms with E-state index in [1.807, 2.05) is 0 Å². The smallest absolute Gasteiger partial charge is 0.269 e. The van der Waals surface area contributed by atoms with E-state index in [-0.39, 0.29) is 5.69 Å². The minimum Gasteiger partial charge on any atom is -0.297 e. The number of nitro benzene ring substituents is 1. The first-order valence-corrected chi connectivity index (χ1v) is 4.89. The van der Waals surface area contributed by atoms with E-state index in [1.165, 1.54) is 12.1 Å². The number of benzene rings is 1. The second kappa shape index (κ2) is 4.18. The van der Waals surface area contributed by atoms with E-state index in [9.17, 15) is 10.1 Å². The quantitative estimate of drug-likeness (QED) is 0.366. The Kier molecular flexibility index (Phi) is 2.72. The van der Waals surface area contributed by atoms with E-state index in [4.69, 9.17) is 0 Å². The average Bonchev–Trinajstić information content (AvgIpc) is 2.71. The van der Waals surface area contributed by atoms with Crippen molar-refractivity contribution in [2.24, 2.45) is 5.16 Å². The summed E-state index contributed by atoms with van der Waals surface area (Å²) in [4.78, 5) is 9.98. The fourth-order valence-electron chi connectivity index (χ4n) is 1.15. The molecule has 2 rings (SSSR count). The highest BCUT2D eigenvalue weighted by Gasteiger charge is 2.10. The number of amidine groups is 1. The zero-order valence-corrected chi connectivity index (χ0v) is 8.36. The zero-order valence-electron chi connectivity index (χ0n) is 7.54. The molecule has 1 aliphatic heterocycles. The van der Waals surface area contributed by atoms with Crippen LogP contribution in [0.4, 0.5) is 5.69 Å². The van der Waals surface area contributed by atoms with Gasteiger partial charge in [-0.05, 0) is 5.56 Å². The number of nitrogens with one attached hydrogen (secondary N) is 1. The lowest BCUT2D eigenvalue weighted by Gasteiger charge is -1.98. The molecule has 1 aromatic carbocycles. The standard InChI is InChI=1S/C8H7N3O3S/c12-11(13)7-3-1-6(2-4-7)5-8-9-14-15-10-8/h1-4H,5H2,(H,9,10). The Hall–Kier alpha value is -1.76. The summed E-state index contributed by atoms with van der Waals surface area (Å²) >= 11 is 1.05. The van der Waals surface area contributed by atoms with Crippen molar-refractivity contribution in [3.8, 4) is 0 Å². The first-order valence-electron chi connectivity index (χ1n) is 4.14. The van der Waals surface area contributed by atoms with Crippen LogP contribution in [0.15, 0.2) is 29.4 Å². The van der Waals surface area contributed by atoms with Crippen LogP contribution in [0.1, 0.15) is 5.56 Å². The fourth-order valence-corrected chi connectivity index (χ4v) is 1.52. The third-order valence-electron chi connectivity index (χ3n) is 1.86. The van der Waals surface area contributed by atoms with Gasteiger partial charge in [-0.2, -0.15) is 0 Å². The summed E-state index contributed by atoms with van der Waals surface area (Å²) in [5.41, 5.74) is 1.03. The molecule has 0 bridgehead atoms. The second-order valence-corrected chi connectivity index (χ2v) is 3.42. The first kappa shape index (κ1) is 9.78. The van der Waals surface area contributed by atoms with Gasteiger partial charge in [0.2, 0.25) is 12.2 Å². The van der Waals surface area contributed by atoms with Crippen molar-refractivity contribution in [3.63, 3.8) is 0 Å². The number of nitrogens with zero attached hydrogens (tertiary/aromatic N) is 2. The molecule has 15 heavy (non-hydrogen) atoms. The van der Waals surface area contributed by atoms with Gasteiger partial charge in [-0.3, -0.25) is 19.1 Å². The van der Waals surface area contributed by atoms with Gasteiger partial charge in [0, 0.05) is 18.6 Å². The highest BCUT2D eigenvalue weighted by Crippen LogP contribution is 2.14. The minimum absolute atomic E-state index is 0.0886. The molecular weight excluding hydrogens is 218 g/mol. The van der Waals surface area contributed by atoms with Gasteiger partial charge in [-0.1, -0.05) is 17.3 Å². The van der Waals surface area contributed by atoms with Crippen LogP contribution >= 0.6 is 12.2 Å². The summed E-state index contributed by atoms with van der Waals surface area (Å²) in [6.45, 7) is 0. The maximum Gasteiger partial charge on any atom is 0.269 e. The Morgan fingerprint density at radius 2 is 2.20 bits per heavy atom. The molecule has 0 atom stereocenters. The van der Waals surface area contributed by atoms with E-state index < -0.39 is 4.92 Å². The highest BCUT2D eigenvalue weighted by molar-refractivity contribution is 7.93. The lowest BCUT2D eigenvalue weighted by atomic mass is 10.1. The molecule has 7 heteroatoms. The molecule has 0 saturated heterocycles. The minimum atomic E-state index is -0.423. The van der Waals surface area contributed by atoms with Crippen LogP contribution in [0.25, 0.3) is 0 Å². The predicted molar refractivity (Wildman–Crippen MR) is 56.0 cm³/mol. The maximum atomic E-state index is 10.4. The van der Waals surface area contributed by atoms with Gasteiger partial charge in [0.25, 0.3) is 5.69 Å². The van der Waals surface area contributed by atoms with E-state index in [1.54, 1.807) is 12.1 Å². The highest BCUT2D eigenvalue weighted by atomic mass is 32.2. The molecule has 1 N–H and O–H groups in total. The van der Waals surface area contributed by atoms with Gasteiger partial charge >= 0.3 is 0 Å². The molecular formula is C8H7N3O3S. The number of hydrogen-bond donors (Lipinski definition) is 1. The summed E-state index contributed by atoms with van der Waals surface area (Å²) in [6, 6.07) is 6.34. The van der Waals surface area contributed by atoms with Crippen LogP contribution in [0, 0.1) is 10.1 Å². The van der Waals surface area contributed by atoms with Gasteiger partial charge in [0.15, 0.2) is 5.84 Å². The number of nitro groups is 1. The van der Waals surface area contributed by atoms with Crippen LogP contribution < -0.4 is 4.72 Å². The largest absolute Gasteiger partial charge is 0.297 e. The molecule has 1 aliphatic rings. The lowest BCUT2D eigenvalue weighted by molar-refractivity contribution is -0.384. The number of rotatable bonds is 3. The second-order valence-electron chi connectivity index (χ2n) is 2.90. The molecule has 1 heterocycles. The van der Waals surface area contributed by atoms with E-state index in [2.05, 4.69) is 14.2 Å². The number of non-ortho nitro benzene ring substituents is 1. The van der Waals surface area contributed by atoms with Crippen molar-refractivity contribution in [2.45, 2.75) is 6.42 Å². The molecule has 0 aromatic heterocycles. The molecule has 6 nitrogen and oxygen atoms in total. The normalized spacial score (nSPS) is 14.0. The zero-order chi connectivity index (χ0) is 10.7. The van der Waals surface area contributed by atoms with Crippen LogP contribution in [-0.4, -0.2) is 10.8 Å². The Morgan fingerprint density at radius 3 is 2.73 bits per heavy atom. The SMILES string of the molecule is O=[N+]([O-])c1ccc(CC2=NOSN2)cc1. The number of oxime groups is 1. The van der Waals surface area contributed by atoms with Crippen LogP contribution in [0.5, 0.6) is 0 Å². The molecule has 0 unspecified atom stereocenters. The molecule has 1 aromatic rings. The van der Waals surface area contributed by atoms with Crippen molar-refractivity contribution < 1.29 is 9.21 Å². The Balaban J connectivity index is 2.06. The Morgan fingerprint density at radius 1 is 1.47 bits per heavy atom. The topological polar surface area (TPSA) is 76.8 Å².